The summed E-state index contributed by atoms with van der Waals surface area (Å²) in [6.45, 7) is 5.71. The average molecular weight is 465 g/mol. The van der Waals surface area contributed by atoms with Crippen LogP contribution in [0, 0.1) is 5.92 Å². The van der Waals surface area contributed by atoms with Crippen LogP contribution in [0.15, 0.2) is 84.9 Å². The van der Waals surface area contributed by atoms with Crippen molar-refractivity contribution in [3.05, 3.63) is 90.8 Å². The maximum Gasteiger partial charge on any atom is 0.121 e. The Labute approximate surface area is 207 Å². The van der Waals surface area contributed by atoms with Gasteiger partial charge in [-0.05, 0) is 30.9 Å². The number of hydrogen-bond acceptors (Lipinski definition) is 4. The molecule has 6 rings (SSSR count). The Morgan fingerprint density at radius 1 is 0.800 bits per heavy atom. The van der Waals surface area contributed by atoms with Gasteiger partial charge >= 0.3 is 0 Å². The molecule has 0 unspecified atom stereocenters. The lowest BCUT2D eigenvalue weighted by atomic mass is 10.1. The minimum atomic E-state index is 0.772. The summed E-state index contributed by atoms with van der Waals surface area (Å²) in [5, 5.41) is 0. The van der Waals surface area contributed by atoms with Crippen LogP contribution in [0.3, 0.4) is 0 Å². The Balaban J connectivity index is 1.13. The number of anilines is 1. The summed E-state index contributed by atoms with van der Waals surface area (Å²) in [5.74, 6) is 2.79. The molecule has 178 valence electrons. The molecule has 0 bridgehead atoms. The zero-order valence-corrected chi connectivity index (χ0v) is 20.1. The number of benzene rings is 3. The van der Waals surface area contributed by atoms with E-state index in [9.17, 15) is 0 Å². The van der Waals surface area contributed by atoms with E-state index >= 15 is 0 Å². The van der Waals surface area contributed by atoms with Gasteiger partial charge in [0.05, 0.1) is 24.5 Å². The van der Waals surface area contributed by atoms with Crippen LogP contribution in [0.25, 0.3) is 22.5 Å². The molecular weight excluding hydrogens is 432 g/mol. The second kappa shape index (κ2) is 9.96. The number of nitrogens with one attached hydrogen (secondary N) is 1. The SMILES string of the molecule is c1ccc(-c2nc(CN3CCN(c4cccc(OCC5CC5)c4)CC3)[nH]c2-c2ccccc2)cc1. The molecule has 4 aromatic rings. The minimum Gasteiger partial charge on any atom is -0.493 e. The molecule has 1 saturated heterocycles. The number of rotatable bonds is 8. The molecule has 0 atom stereocenters. The van der Waals surface area contributed by atoms with Gasteiger partial charge in [-0.1, -0.05) is 66.7 Å². The van der Waals surface area contributed by atoms with Crippen molar-refractivity contribution in [2.75, 3.05) is 37.7 Å². The minimum absolute atomic E-state index is 0.772. The number of piperazine rings is 1. The van der Waals surface area contributed by atoms with Gasteiger partial charge in [-0.25, -0.2) is 4.98 Å². The summed E-state index contributed by atoms with van der Waals surface area (Å²) in [7, 11) is 0. The predicted molar refractivity (Wildman–Crippen MR) is 142 cm³/mol. The number of ether oxygens (including phenoxy) is 1. The number of H-pyrrole nitrogens is 1. The molecule has 1 saturated carbocycles. The summed E-state index contributed by atoms with van der Waals surface area (Å²) < 4.78 is 6.00. The first kappa shape index (κ1) is 21.9. The van der Waals surface area contributed by atoms with Gasteiger partial charge in [0.25, 0.3) is 0 Å². The van der Waals surface area contributed by atoms with E-state index in [1.165, 1.54) is 24.1 Å². The topological polar surface area (TPSA) is 44.4 Å². The molecule has 0 amide bonds. The van der Waals surface area contributed by atoms with E-state index in [0.29, 0.717) is 0 Å². The van der Waals surface area contributed by atoms with E-state index in [1.54, 1.807) is 0 Å². The van der Waals surface area contributed by atoms with Crippen LogP contribution in [-0.4, -0.2) is 47.7 Å². The first-order valence-electron chi connectivity index (χ1n) is 12.7. The van der Waals surface area contributed by atoms with E-state index in [-0.39, 0.29) is 0 Å². The lowest BCUT2D eigenvalue weighted by molar-refractivity contribution is 0.244. The Kier molecular flexibility index (Phi) is 6.24. The summed E-state index contributed by atoms with van der Waals surface area (Å²) in [5.41, 5.74) is 5.68. The molecule has 1 aliphatic heterocycles. The molecule has 3 aromatic carbocycles. The highest BCUT2D eigenvalue weighted by molar-refractivity contribution is 5.78. The van der Waals surface area contributed by atoms with Crippen LogP contribution < -0.4 is 9.64 Å². The molecule has 35 heavy (non-hydrogen) atoms. The van der Waals surface area contributed by atoms with Crippen LogP contribution in [-0.2, 0) is 6.54 Å². The van der Waals surface area contributed by atoms with E-state index in [0.717, 1.165) is 73.8 Å². The molecule has 1 aliphatic carbocycles. The molecule has 5 heteroatoms. The smallest absolute Gasteiger partial charge is 0.121 e. The second-order valence-corrected chi connectivity index (χ2v) is 9.65. The van der Waals surface area contributed by atoms with Gasteiger partial charge in [-0.3, -0.25) is 4.90 Å². The molecule has 2 fully saturated rings. The first-order chi connectivity index (χ1) is 17.3. The van der Waals surface area contributed by atoms with E-state index in [4.69, 9.17) is 9.72 Å². The number of aromatic nitrogens is 2. The van der Waals surface area contributed by atoms with Crippen molar-refractivity contribution >= 4 is 5.69 Å². The Bertz CT molecular complexity index is 1180. The van der Waals surface area contributed by atoms with Crippen molar-refractivity contribution in [2.24, 2.45) is 5.92 Å². The third-order valence-electron chi connectivity index (χ3n) is 6.97. The molecule has 0 radical (unpaired) electrons. The number of aromatic amines is 1. The quantitative estimate of drug-likeness (QED) is 0.355. The zero-order chi connectivity index (χ0) is 23.5. The number of nitrogens with zero attached hydrogens (tertiary/aromatic N) is 3. The first-order valence-corrected chi connectivity index (χ1v) is 12.7. The number of hydrogen-bond donors (Lipinski definition) is 1. The standard InChI is InChI=1S/C30H32N4O/c1-3-8-24(9-4-1)29-30(25-10-5-2-6-11-25)32-28(31-29)21-33-16-18-34(19-17-33)26-12-7-13-27(20-26)35-22-23-14-15-23/h1-13,20,23H,14-19,21-22H2,(H,31,32). The lowest BCUT2D eigenvalue weighted by Gasteiger charge is -2.35. The fraction of sp³-hybridized carbons (Fsp3) is 0.300. The van der Waals surface area contributed by atoms with Gasteiger partial charge in [0.15, 0.2) is 0 Å². The van der Waals surface area contributed by atoms with Crippen LogP contribution in [0.5, 0.6) is 5.75 Å². The Morgan fingerprint density at radius 2 is 1.51 bits per heavy atom. The summed E-state index contributed by atoms with van der Waals surface area (Å²) in [6, 6.07) is 29.5. The monoisotopic (exact) mass is 464 g/mol. The van der Waals surface area contributed by atoms with Gasteiger partial charge in [0, 0.05) is 49.1 Å². The normalized spacial score (nSPS) is 16.4. The van der Waals surface area contributed by atoms with Crippen molar-refractivity contribution in [2.45, 2.75) is 19.4 Å². The second-order valence-electron chi connectivity index (χ2n) is 9.65. The van der Waals surface area contributed by atoms with Crippen molar-refractivity contribution in [1.82, 2.24) is 14.9 Å². The Hall–Kier alpha value is -3.57. The summed E-state index contributed by atoms with van der Waals surface area (Å²) >= 11 is 0. The third-order valence-corrected chi connectivity index (χ3v) is 6.97. The third kappa shape index (κ3) is 5.25. The largest absolute Gasteiger partial charge is 0.493 e. The van der Waals surface area contributed by atoms with E-state index < -0.39 is 0 Å². The summed E-state index contributed by atoms with van der Waals surface area (Å²) in [6.07, 6.45) is 2.63. The Morgan fingerprint density at radius 3 is 2.23 bits per heavy atom. The van der Waals surface area contributed by atoms with Crippen molar-refractivity contribution in [3.8, 4) is 28.3 Å². The van der Waals surface area contributed by atoms with Gasteiger partial charge in [-0.2, -0.15) is 0 Å². The van der Waals surface area contributed by atoms with Gasteiger partial charge in [-0.15, -0.1) is 0 Å². The van der Waals surface area contributed by atoms with E-state index in [2.05, 4.69) is 93.6 Å². The molecule has 2 aliphatic rings. The van der Waals surface area contributed by atoms with Crippen molar-refractivity contribution < 1.29 is 4.74 Å². The number of imidazole rings is 1. The van der Waals surface area contributed by atoms with Gasteiger partial charge in [0.1, 0.15) is 11.6 Å². The summed E-state index contributed by atoms with van der Waals surface area (Å²) in [4.78, 5) is 13.6. The molecule has 5 nitrogen and oxygen atoms in total. The van der Waals surface area contributed by atoms with Crippen LogP contribution >= 0.6 is 0 Å². The zero-order valence-electron chi connectivity index (χ0n) is 20.1. The molecule has 1 N–H and O–H groups in total. The van der Waals surface area contributed by atoms with Crippen LogP contribution in [0.1, 0.15) is 18.7 Å². The van der Waals surface area contributed by atoms with Crippen LogP contribution in [0.2, 0.25) is 0 Å². The molecule has 2 heterocycles. The molecule has 1 aromatic heterocycles. The molecule has 0 spiro atoms. The fourth-order valence-electron chi connectivity index (χ4n) is 4.76. The van der Waals surface area contributed by atoms with Crippen LogP contribution in [0.4, 0.5) is 5.69 Å². The average Bonchev–Trinajstić information content (AvgIpc) is 3.67. The van der Waals surface area contributed by atoms with Gasteiger partial charge in [0.2, 0.25) is 0 Å². The van der Waals surface area contributed by atoms with Crippen molar-refractivity contribution in [3.63, 3.8) is 0 Å². The highest BCUT2D eigenvalue weighted by Gasteiger charge is 2.23. The van der Waals surface area contributed by atoms with E-state index in [1.807, 2.05) is 6.07 Å². The highest BCUT2D eigenvalue weighted by atomic mass is 16.5. The van der Waals surface area contributed by atoms with Crippen molar-refractivity contribution in [1.29, 1.82) is 0 Å². The maximum atomic E-state index is 6.00. The molecular formula is C30H32N4O. The fourth-order valence-corrected chi connectivity index (χ4v) is 4.76. The predicted octanol–water partition coefficient (Wildman–Crippen LogP) is 5.85. The lowest BCUT2D eigenvalue weighted by Crippen LogP contribution is -2.46. The maximum absolute atomic E-state index is 6.00. The van der Waals surface area contributed by atoms with Gasteiger partial charge < -0.3 is 14.6 Å². The highest BCUT2D eigenvalue weighted by Crippen LogP contribution is 2.32.